The summed E-state index contributed by atoms with van der Waals surface area (Å²) in [4.78, 5) is 6.96. The molecule has 0 amide bonds. The number of hydrogen-bond acceptors (Lipinski definition) is 3. The molecule has 1 fully saturated rings. The number of piperidine rings is 1. The van der Waals surface area contributed by atoms with Crippen molar-refractivity contribution in [2.24, 2.45) is 0 Å². The summed E-state index contributed by atoms with van der Waals surface area (Å²) in [6.07, 6.45) is 4.41. The van der Waals surface area contributed by atoms with E-state index in [-0.39, 0.29) is 0 Å². The molecule has 2 aromatic rings. The fraction of sp³-hybridized carbons (Fsp3) is 0.500. The van der Waals surface area contributed by atoms with E-state index < -0.39 is 0 Å². The highest BCUT2D eigenvalue weighted by Crippen LogP contribution is 2.23. The van der Waals surface area contributed by atoms with Gasteiger partial charge in [-0.2, -0.15) is 5.10 Å². The van der Waals surface area contributed by atoms with Crippen LogP contribution in [0.3, 0.4) is 0 Å². The first-order valence-corrected chi connectivity index (χ1v) is 5.83. The normalized spacial score (nSPS) is 22.7. The number of rotatable bonds is 1. The molecule has 1 atom stereocenters. The van der Waals surface area contributed by atoms with Gasteiger partial charge in [0.05, 0.1) is 0 Å². The van der Waals surface area contributed by atoms with Gasteiger partial charge in [-0.05, 0) is 38.6 Å². The van der Waals surface area contributed by atoms with E-state index in [9.17, 15) is 0 Å². The number of pyridine rings is 1. The van der Waals surface area contributed by atoms with E-state index in [1.807, 2.05) is 28.9 Å². The van der Waals surface area contributed by atoms with E-state index in [1.54, 1.807) is 0 Å². The summed E-state index contributed by atoms with van der Waals surface area (Å²) >= 11 is 0. The average molecular weight is 216 g/mol. The highest BCUT2D eigenvalue weighted by atomic mass is 15.3. The maximum Gasteiger partial charge on any atom is 0.156 e. The van der Waals surface area contributed by atoms with Gasteiger partial charge in [0, 0.05) is 18.7 Å². The van der Waals surface area contributed by atoms with E-state index in [0.29, 0.717) is 5.92 Å². The molecule has 0 N–H and O–H groups in total. The number of nitrogens with zero attached hydrogens (tertiary/aromatic N) is 4. The molecule has 0 saturated carbocycles. The van der Waals surface area contributed by atoms with Crippen LogP contribution >= 0.6 is 0 Å². The van der Waals surface area contributed by atoms with Gasteiger partial charge in [0.15, 0.2) is 11.5 Å². The molecule has 3 heterocycles. The summed E-state index contributed by atoms with van der Waals surface area (Å²) in [6.45, 7) is 2.28. The van der Waals surface area contributed by atoms with Crippen molar-refractivity contribution in [3.05, 3.63) is 30.2 Å². The van der Waals surface area contributed by atoms with Gasteiger partial charge >= 0.3 is 0 Å². The fourth-order valence-electron chi connectivity index (χ4n) is 2.40. The zero-order chi connectivity index (χ0) is 11.0. The molecule has 4 nitrogen and oxygen atoms in total. The first-order chi connectivity index (χ1) is 7.83. The van der Waals surface area contributed by atoms with Crippen molar-refractivity contribution in [2.75, 3.05) is 20.1 Å². The van der Waals surface area contributed by atoms with E-state index in [1.165, 1.54) is 19.4 Å². The van der Waals surface area contributed by atoms with Crippen LogP contribution in [0.25, 0.3) is 5.65 Å². The Morgan fingerprint density at radius 1 is 1.38 bits per heavy atom. The van der Waals surface area contributed by atoms with Crippen LogP contribution in [0.5, 0.6) is 0 Å². The average Bonchev–Trinajstić information content (AvgIpc) is 2.72. The molecular weight excluding hydrogens is 200 g/mol. The summed E-state index contributed by atoms with van der Waals surface area (Å²) in [5, 5.41) is 4.55. The zero-order valence-electron chi connectivity index (χ0n) is 9.50. The van der Waals surface area contributed by atoms with Gasteiger partial charge in [-0.3, -0.25) is 0 Å². The second-order valence-corrected chi connectivity index (χ2v) is 4.57. The van der Waals surface area contributed by atoms with Gasteiger partial charge in [-0.1, -0.05) is 6.07 Å². The molecule has 3 rings (SSSR count). The Morgan fingerprint density at radius 2 is 2.31 bits per heavy atom. The molecule has 0 aliphatic carbocycles. The number of hydrogen-bond donors (Lipinski definition) is 0. The van der Waals surface area contributed by atoms with Gasteiger partial charge < -0.3 is 4.90 Å². The number of likely N-dealkylation sites (N-methyl/N-ethyl adjacent to an activating group) is 1. The Bertz CT molecular complexity index is 457. The van der Waals surface area contributed by atoms with Gasteiger partial charge in [0.1, 0.15) is 0 Å². The van der Waals surface area contributed by atoms with E-state index in [0.717, 1.165) is 18.0 Å². The Morgan fingerprint density at radius 3 is 3.12 bits per heavy atom. The third kappa shape index (κ3) is 1.69. The Labute approximate surface area is 94.9 Å². The van der Waals surface area contributed by atoms with Crippen LogP contribution in [0.15, 0.2) is 24.4 Å². The van der Waals surface area contributed by atoms with Gasteiger partial charge in [0.25, 0.3) is 0 Å². The predicted molar refractivity (Wildman–Crippen MR) is 62.5 cm³/mol. The molecule has 1 aliphatic heterocycles. The first kappa shape index (κ1) is 9.78. The number of likely N-dealkylation sites (tertiary alicyclic amines) is 1. The standard InChI is InChI=1S/C12H16N4/c1-15-7-4-5-10(9-15)12-13-11-6-2-3-8-16(11)14-12/h2-3,6,8,10H,4-5,7,9H2,1H3. The minimum Gasteiger partial charge on any atom is -0.306 e. The summed E-state index contributed by atoms with van der Waals surface area (Å²) < 4.78 is 1.87. The van der Waals surface area contributed by atoms with Crippen LogP contribution < -0.4 is 0 Å². The molecule has 4 heteroatoms. The summed E-state index contributed by atoms with van der Waals surface area (Å²) in [7, 11) is 2.17. The van der Waals surface area contributed by atoms with Crippen LogP contribution in [0.4, 0.5) is 0 Å². The molecule has 1 saturated heterocycles. The molecule has 0 spiro atoms. The van der Waals surface area contributed by atoms with Gasteiger partial charge in [-0.15, -0.1) is 0 Å². The molecule has 0 bridgehead atoms. The lowest BCUT2D eigenvalue weighted by atomic mass is 9.98. The third-order valence-electron chi connectivity index (χ3n) is 3.25. The molecule has 16 heavy (non-hydrogen) atoms. The van der Waals surface area contributed by atoms with Crippen molar-refractivity contribution in [1.29, 1.82) is 0 Å². The summed E-state index contributed by atoms with van der Waals surface area (Å²) in [5.74, 6) is 1.50. The Balaban J connectivity index is 1.93. The Hall–Kier alpha value is -1.42. The van der Waals surface area contributed by atoms with E-state index in [2.05, 4.69) is 22.0 Å². The van der Waals surface area contributed by atoms with Gasteiger partial charge in [0.2, 0.25) is 0 Å². The molecule has 0 radical (unpaired) electrons. The Kier molecular flexibility index (Phi) is 2.36. The number of aromatic nitrogens is 3. The van der Waals surface area contributed by atoms with Crippen molar-refractivity contribution in [3.8, 4) is 0 Å². The molecular formula is C12H16N4. The van der Waals surface area contributed by atoms with E-state index >= 15 is 0 Å². The van der Waals surface area contributed by atoms with Crippen molar-refractivity contribution in [2.45, 2.75) is 18.8 Å². The topological polar surface area (TPSA) is 33.4 Å². The fourth-order valence-corrected chi connectivity index (χ4v) is 2.40. The first-order valence-electron chi connectivity index (χ1n) is 5.83. The SMILES string of the molecule is CN1CCCC(c2nc3ccccn3n2)C1. The largest absolute Gasteiger partial charge is 0.306 e. The van der Waals surface area contributed by atoms with Crippen molar-refractivity contribution in [3.63, 3.8) is 0 Å². The van der Waals surface area contributed by atoms with Crippen LogP contribution in [0.1, 0.15) is 24.6 Å². The zero-order valence-corrected chi connectivity index (χ0v) is 9.50. The third-order valence-corrected chi connectivity index (χ3v) is 3.25. The predicted octanol–water partition coefficient (Wildman–Crippen LogP) is 1.54. The maximum absolute atomic E-state index is 4.60. The van der Waals surface area contributed by atoms with Crippen molar-refractivity contribution < 1.29 is 0 Å². The smallest absolute Gasteiger partial charge is 0.156 e. The quantitative estimate of drug-likeness (QED) is 0.725. The number of fused-ring (bicyclic) bond motifs is 1. The van der Waals surface area contributed by atoms with Crippen molar-refractivity contribution >= 4 is 5.65 Å². The highest BCUT2D eigenvalue weighted by molar-refractivity contribution is 5.36. The molecule has 2 aromatic heterocycles. The highest BCUT2D eigenvalue weighted by Gasteiger charge is 2.22. The maximum atomic E-state index is 4.60. The van der Waals surface area contributed by atoms with Crippen molar-refractivity contribution in [1.82, 2.24) is 19.5 Å². The molecule has 1 unspecified atom stereocenters. The second-order valence-electron chi connectivity index (χ2n) is 4.57. The minimum atomic E-state index is 0.499. The second kappa shape index (κ2) is 3.87. The van der Waals surface area contributed by atoms with E-state index in [4.69, 9.17) is 0 Å². The van der Waals surface area contributed by atoms with Crippen LogP contribution in [0.2, 0.25) is 0 Å². The van der Waals surface area contributed by atoms with Crippen LogP contribution in [-0.4, -0.2) is 39.6 Å². The summed E-state index contributed by atoms with van der Waals surface area (Å²) in [6, 6.07) is 5.99. The van der Waals surface area contributed by atoms with Crippen LogP contribution in [0, 0.1) is 0 Å². The molecule has 0 aromatic carbocycles. The minimum absolute atomic E-state index is 0.499. The molecule has 1 aliphatic rings. The lowest BCUT2D eigenvalue weighted by molar-refractivity contribution is 0.246. The lowest BCUT2D eigenvalue weighted by Crippen LogP contribution is -2.31. The summed E-state index contributed by atoms with van der Waals surface area (Å²) in [5.41, 5.74) is 0.950. The van der Waals surface area contributed by atoms with Gasteiger partial charge in [-0.25, -0.2) is 9.50 Å². The molecule has 84 valence electrons. The monoisotopic (exact) mass is 216 g/mol. The van der Waals surface area contributed by atoms with Crippen LogP contribution in [-0.2, 0) is 0 Å². The lowest BCUT2D eigenvalue weighted by Gasteiger charge is -2.27.